The molecule has 0 atom stereocenters. The summed E-state index contributed by atoms with van der Waals surface area (Å²) in [5.41, 5.74) is 8.20. The molecule has 1 aromatic heterocycles. The van der Waals surface area contributed by atoms with Gasteiger partial charge in [0.2, 0.25) is 0 Å². The lowest BCUT2D eigenvalue weighted by Crippen LogP contribution is -2.33. The number of fused-ring (bicyclic) bond motifs is 1. The summed E-state index contributed by atoms with van der Waals surface area (Å²) in [6.45, 7) is 4.76. The number of nitrogen functional groups attached to an aromatic ring is 1. The molecule has 5 nitrogen and oxygen atoms in total. The standard InChI is InChI=1S/C14H19N3O2/c1-14(5-7-18-8-6-14)9-16-13-17-12-10(15)3-2-4-11(12)19-13/h2-4H,5-9,15H2,1H3,(H,16,17). The van der Waals surface area contributed by atoms with Crippen molar-refractivity contribution in [1.29, 1.82) is 0 Å². The molecule has 1 aromatic carbocycles. The molecular weight excluding hydrogens is 242 g/mol. The summed E-state index contributed by atoms with van der Waals surface area (Å²) in [5.74, 6) is 0. The van der Waals surface area contributed by atoms with E-state index < -0.39 is 0 Å². The molecule has 102 valence electrons. The second-order valence-corrected chi connectivity index (χ2v) is 5.49. The van der Waals surface area contributed by atoms with Gasteiger partial charge in [0.25, 0.3) is 6.01 Å². The molecule has 0 amide bonds. The minimum absolute atomic E-state index is 0.241. The Balaban J connectivity index is 1.73. The first kappa shape index (κ1) is 12.3. The summed E-state index contributed by atoms with van der Waals surface area (Å²) in [5, 5.41) is 3.28. The number of nitrogens with two attached hydrogens (primary N) is 1. The number of oxazole rings is 1. The summed E-state index contributed by atoms with van der Waals surface area (Å²) in [4.78, 5) is 4.39. The second-order valence-electron chi connectivity index (χ2n) is 5.49. The SMILES string of the molecule is CC1(CNc2nc3c(N)cccc3o2)CCOCC1. The minimum atomic E-state index is 0.241. The Morgan fingerprint density at radius 2 is 2.16 bits per heavy atom. The van der Waals surface area contributed by atoms with Gasteiger partial charge in [-0.05, 0) is 30.4 Å². The molecule has 0 unspecified atom stereocenters. The van der Waals surface area contributed by atoms with Crippen LogP contribution in [0.25, 0.3) is 11.1 Å². The third-order valence-corrected chi connectivity index (χ3v) is 3.82. The van der Waals surface area contributed by atoms with Crippen LogP contribution in [0.3, 0.4) is 0 Å². The lowest BCUT2D eigenvalue weighted by atomic mass is 9.82. The van der Waals surface area contributed by atoms with Gasteiger partial charge in [0.1, 0.15) is 5.52 Å². The molecule has 1 saturated heterocycles. The van der Waals surface area contributed by atoms with E-state index in [2.05, 4.69) is 17.2 Å². The molecular formula is C14H19N3O2. The van der Waals surface area contributed by atoms with E-state index in [1.54, 1.807) is 0 Å². The first-order chi connectivity index (χ1) is 9.16. The molecule has 1 aliphatic heterocycles. The normalized spacial score (nSPS) is 18.6. The Morgan fingerprint density at radius 3 is 2.89 bits per heavy atom. The molecule has 0 radical (unpaired) electrons. The Hall–Kier alpha value is -1.75. The number of para-hydroxylation sites is 1. The first-order valence-corrected chi connectivity index (χ1v) is 6.63. The topological polar surface area (TPSA) is 73.3 Å². The number of nitrogens with one attached hydrogen (secondary N) is 1. The highest BCUT2D eigenvalue weighted by Crippen LogP contribution is 2.30. The van der Waals surface area contributed by atoms with E-state index in [9.17, 15) is 0 Å². The van der Waals surface area contributed by atoms with Gasteiger partial charge < -0.3 is 20.2 Å². The molecule has 0 aliphatic carbocycles. The zero-order valence-corrected chi connectivity index (χ0v) is 11.1. The van der Waals surface area contributed by atoms with Crippen molar-refractivity contribution in [2.24, 2.45) is 5.41 Å². The number of benzene rings is 1. The quantitative estimate of drug-likeness (QED) is 0.831. The van der Waals surface area contributed by atoms with Crippen molar-refractivity contribution in [1.82, 2.24) is 4.98 Å². The van der Waals surface area contributed by atoms with Gasteiger partial charge in [-0.25, -0.2) is 0 Å². The monoisotopic (exact) mass is 261 g/mol. The van der Waals surface area contributed by atoms with Gasteiger partial charge >= 0.3 is 0 Å². The van der Waals surface area contributed by atoms with Gasteiger partial charge in [-0.1, -0.05) is 13.0 Å². The van der Waals surface area contributed by atoms with Gasteiger partial charge in [0, 0.05) is 19.8 Å². The smallest absolute Gasteiger partial charge is 0.295 e. The van der Waals surface area contributed by atoms with Gasteiger partial charge in [-0.2, -0.15) is 4.98 Å². The highest BCUT2D eigenvalue weighted by atomic mass is 16.5. The zero-order chi connectivity index (χ0) is 13.3. The third kappa shape index (κ3) is 2.51. The highest BCUT2D eigenvalue weighted by molar-refractivity contribution is 5.86. The van der Waals surface area contributed by atoms with E-state index in [-0.39, 0.29) is 5.41 Å². The summed E-state index contributed by atoms with van der Waals surface area (Å²) in [6, 6.07) is 6.11. The van der Waals surface area contributed by atoms with Gasteiger partial charge in [0.05, 0.1) is 5.69 Å². The molecule has 19 heavy (non-hydrogen) atoms. The first-order valence-electron chi connectivity index (χ1n) is 6.63. The maximum absolute atomic E-state index is 5.87. The Labute approximate surface area is 112 Å². The maximum atomic E-state index is 5.87. The molecule has 5 heteroatoms. The number of rotatable bonds is 3. The van der Waals surface area contributed by atoms with E-state index in [0.717, 1.165) is 43.7 Å². The molecule has 2 aromatic rings. The fraction of sp³-hybridized carbons (Fsp3) is 0.500. The van der Waals surface area contributed by atoms with Crippen molar-refractivity contribution in [2.75, 3.05) is 30.8 Å². The van der Waals surface area contributed by atoms with E-state index >= 15 is 0 Å². The average Bonchev–Trinajstić information content (AvgIpc) is 2.82. The summed E-state index contributed by atoms with van der Waals surface area (Å²) in [7, 11) is 0. The maximum Gasteiger partial charge on any atom is 0.295 e. The fourth-order valence-corrected chi connectivity index (χ4v) is 2.38. The molecule has 3 N–H and O–H groups in total. The largest absolute Gasteiger partial charge is 0.423 e. The molecule has 1 aliphatic rings. The minimum Gasteiger partial charge on any atom is -0.423 e. The molecule has 2 heterocycles. The van der Waals surface area contributed by atoms with Crippen LogP contribution in [0.5, 0.6) is 0 Å². The van der Waals surface area contributed by atoms with E-state index in [0.29, 0.717) is 11.7 Å². The van der Waals surface area contributed by atoms with Crippen molar-refractivity contribution in [2.45, 2.75) is 19.8 Å². The molecule has 3 rings (SSSR count). The summed E-state index contributed by atoms with van der Waals surface area (Å²) >= 11 is 0. The Morgan fingerprint density at radius 1 is 1.37 bits per heavy atom. The van der Waals surface area contributed by atoms with E-state index in [1.165, 1.54) is 0 Å². The van der Waals surface area contributed by atoms with Crippen LogP contribution in [0.2, 0.25) is 0 Å². The zero-order valence-electron chi connectivity index (χ0n) is 11.1. The second kappa shape index (κ2) is 4.74. The van der Waals surface area contributed by atoms with Gasteiger partial charge in [-0.15, -0.1) is 0 Å². The molecule has 1 fully saturated rings. The molecule has 0 bridgehead atoms. The molecule has 0 spiro atoms. The number of hydrogen-bond acceptors (Lipinski definition) is 5. The number of hydrogen-bond donors (Lipinski definition) is 2. The van der Waals surface area contributed by atoms with Crippen molar-refractivity contribution >= 4 is 22.8 Å². The molecule has 0 saturated carbocycles. The average molecular weight is 261 g/mol. The lowest BCUT2D eigenvalue weighted by molar-refractivity contribution is 0.0298. The van der Waals surface area contributed by atoms with Crippen LogP contribution < -0.4 is 11.1 Å². The van der Waals surface area contributed by atoms with Crippen LogP contribution in [0.4, 0.5) is 11.7 Å². The summed E-state index contributed by atoms with van der Waals surface area (Å²) in [6.07, 6.45) is 2.12. The van der Waals surface area contributed by atoms with Crippen LogP contribution in [-0.4, -0.2) is 24.7 Å². The third-order valence-electron chi connectivity index (χ3n) is 3.82. The van der Waals surface area contributed by atoms with E-state index in [4.69, 9.17) is 14.9 Å². The summed E-state index contributed by atoms with van der Waals surface area (Å²) < 4.78 is 11.0. The van der Waals surface area contributed by atoms with Crippen LogP contribution in [0.15, 0.2) is 22.6 Å². The number of nitrogens with zero attached hydrogens (tertiary/aromatic N) is 1. The van der Waals surface area contributed by atoms with Crippen LogP contribution in [0, 0.1) is 5.41 Å². The van der Waals surface area contributed by atoms with Gasteiger partial charge in [-0.3, -0.25) is 0 Å². The Bertz CT molecular complexity index is 573. The van der Waals surface area contributed by atoms with Crippen molar-refractivity contribution < 1.29 is 9.15 Å². The number of anilines is 2. The number of aromatic nitrogens is 1. The van der Waals surface area contributed by atoms with Crippen LogP contribution in [0.1, 0.15) is 19.8 Å². The lowest BCUT2D eigenvalue weighted by Gasteiger charge is -2.33. The predicted molar refractivity (Wildman–Crippen MR) is 75.1 cm³/mol. The van der Waals surface area contributed by atoms with Crippen LogP contribution in [-0.2, 0) is 4.74 Å². The highest BCUT2D eigenvalue weighted by Gasteiger charge is 2.27. The van der Waals surface area contributed by atoms with Gasteiger partial charge in [0.15, 0.2) is 5.58 Å². The fourth-order valence-electron chi connectivity index (χ4n) is 2.38. The van der Waals surface area contributed by atoms with Crippen molar-refractivity contribution in [3.8, 4) is 0 Å². The van der Waals surface area contributed by atoms with Crippen LogP contribution >= 0.6 is 0 Å². The number of ether oxygens (including phenoxy) is 1. The van der Waals surface area contributed by atoms with Crippen molar-refractivity contribution in [3.63, 3.8) is 0 Å². The van der Waals surface area contributed by atoms with E-state index in [1.807, 2.05) is 18.2 Å². The predicted octanol–water partition coefficient (Wildman–Crippen LogP) is 2.64. The Kier molecular flexibility index (Phi) is 3.06. The van der Waals surface area contributed by atoms with Crippen molar-refractivity contribution in [3.05, 3.63) is 18.2 Å².